The summed E-state index contributed by atoms with van der Waals surface area (Å²) in [6.45, 7) is -7.54. The van der Waals surface area contributed by atoms with Crippen molar-refractivity contribution < 1.29 is 20.9 Å². The highest BCUT2D eigenvalue weighted by atomic mass is 16.3. The van der Waals surface area contributed by atoms with Crippen LogP contribution in [0.2, 0.25) is 0 Å². The molecule has 5 heteroatoms. The Morgan fingerprint density at radius 2 is 2.41 bits per heavy atom. The Bertz CT molecular complexity index is 956. The van der Waals surface area contributed by atoms with E-state index in [1.54, 1.807) is 18.3 Å². The fourth-order valence-corrected chi connectivity index (χ4v) is 2.91. The van der Waals surface area contributed by atoms with Gasteiger partial charge in [0.15, 0.2) is 0 Å². The van der Waals surface area contributed by atoms with Crippen molar-refractivity contribution in [1.29, 1.82) is 0 Å². The van der Waals surface area contributed by atoms with Crippen LogP contribution in [0.4, 0.5) is 5.69 Å². The molecule has 0 saturated carbocycles. The van der Waals surface area contributed by atoms with Gasteiger partial charge in [-0.3, -0.25) is 4.79 Å². The molecule has 0 fully saturated rings. The van der Waals surface area contributed by atoms with Gasteiger partial charge in [0.25, 0.3) is 0 Å². The molecule has 118 valence electrons. The summed E-state index contributed by atoms with van der Waals surface area (Å²) in [5.74, 6) is -4.79. The quantitative estimate of drug-likeness (QED) is 0.790. The van der Waals surface area contributed by atoms with Crippen LogP contribution in [0, 0.1) is 5.89 Å². The predicted molar refractivity (Wildman–Crippen MR) is 88.0 cm³/mol. The predicted octanol–water partition coefficient (Wildman–Crippen LogP) is 1.66. The fraction of sp³-hybridized carbons (Fsp3) is 0.471. The molecule has 1 aliphatic rings. The lowest BCUT2D eigenvalue weighted by atomic mass is 10.0. The molecular formula is C17H23N3O2. The maximum atomic E-state index is 13.3. The van der Waals surface area contributed by atoms with E-state index in [0.29, 0.717) is 16.5 Å². The molecule has 2 atom stereocenters. The number of H-pyrrole nitrogens is 1. The third-order valence-electron chi connectivity index (χ3n) is 3.94. The second kappa shape index (κ2) is 5.65. The summed E-state index contributed by atoms with van der Waals surface area (Å²) in [6.07, 6.45) is 1.84. The Balaban J connectivity index is 2.40. The minimum Gasteiger partial charge on any atom is -0.394 e. The number of amides is 1. The maximum Gasteiger partial charge on any atom is 0.243 e. The van der Waals surface area contributed by atoms with E-state index >= 15 is 0 Å². The summed E-state index contributed by atoms with van der Waals surface area (Å²) in [6, 6.07) is 0.909. The molecule has 1 aliphatic heterocycles. The normalized spacial score (nSPS) is 32.7. The highest BCUT2D eigenvalue weighted by Crippen LogP contribution is 2.33. The van der Waals surface area contributed by atoms with Crippen LogP contribution >= 0.6 is 0 Å². The number of anilines is 1. The van der Waals surface area contributed by atoms with E-state index < -0.39 is 44.2 Å². The second-order valence-electron chi connectivity index (χ2n) is 5.35. The third-order valence-corrected chi connectivity index (χ3v) is 3.94. The second-order valence-corrected chi connectivity index (χ2v) is 5.35. The number of hydrogen-bond donors (Lipinski definition) is 3. The number of aliphatic hydroxyl groups is 1. The number of likely N-dealkylation sites (N-methyl/N-ethyl adjacent to an activating group) is 1. The number of carbonyl (C=O) groups excluding carboxylic acids is 1. The van der Waals surface area contributed by atoms with Gasteiger partial charge in [0, 0.05) is 39.4 Å². The van der Waals surface area contributed by atoms with E-state index in [0.717, 1.165) is 4.90 Å². The first kappa shape index (κ1) is 8.02. The summed E-state index contributed by atoms with van der Waals surface area (Å²) >= 11 is 0. The van der Waals surface area contributed by atoms with Crippen LogP contribution in [0.1, 0.15) is 30.2 Å². The summed E-state index contributed by atoms with van der Waals surface area (Å²) in [4.78, 5) is 17.3. The number of aromatic nitrogens is 1. The lowest BCUT2D eigenvalue weighted by molar-refractivity contribution is -0.124. The number of benzene rings is 1. The van der Waals surface area contributed by atoms with Crippen LogP contribution in [0.3, 0.4) is 0 Å². The molecule has 3 N–H and O–H groups in total. The Labute approximate surface area is 141 Å². The average molecular weight is 309 g/mol. The molecule has 0 unspecified atom stereocenters. The largest absolute Gasteiger partial charge is 0.394 e. The van der Waals surface area contributed by atoms with Crippen LogP contribution in [0.15, 0.2) is 24.4 Å². The molecule has 2 heterocycles. The highest BCUT2D eigenvalue weighted by Gasteiger charge is 2.31. The molecule has 1 aromatic heterocycles. The van der Waals surface area contributed by atoms with Crippen LogP contribution in [-0.2, 0) is 11.2 Å². The molecule has 3 rings (SSSR count). The Morgan fingerprint density at radius 3 is 3.14 bits per heavy atom. The van der Waals surface area contributed by atoms with Gasteiger partial charge in [0.2, 0.25) is 5.91 Å². The number of aliphatic hydroxyl groups excluding tert-OH is 1. The SMILES string of the molecule is [2H]C([2H])([2H])C([2H])(C([2H])([2H])[2H])[C@@]1([2H])C(=O)N[C@H](CO)Cc2c[nH]c3cccc(c23)N1C. The van der Waals surface area contributed by atoms with Gasteiger partial charge < -0.3 is 20.3 Å². The summed E-state index contributed by atoms with van der Waals surface area (Å²) in [7, 11) is 1.23. The van der Waals surface area contributed by atoms with Gasteiger partial charge in [-0.2, -0.15) is 0 Å². The zero-order chi connectivity index (χ0) is 22.7. The van der Waals surface area contributed by atoms with Gasteiger partial charge in [-0.1, -0.05) is 19.8 Å². The van der Waals surface area contributed by atoms with Crippen molar-refractivity contribution in [1.82, 2.24) is 10.3 Å². The number of nitrogens with one attached hydrogen (secondary N) is 2. The molecule has 0 radical (unpaired) electrons. The third kappa shape index (κ3) is 2.35. The van der Waals surface area contributed by atoms with E-state index in [-0.39, 0.29) is 12.1 Å². The number of nitrogens with zero attached hydrogens (tertiary/aromatic N) is 1. The van der Waals surface area contributed by atoms with Crippen molar-refractivity contribution >= 4 is 22.5 Å². The number of rotatable bonds is 2. The van der Waals surface area contributed by atoms with Gasteiger partial charge in [0.1, 0.15) is 6.02 Å². The van der Waals surface area contributed by atoms with E-state index in [2.05, 4.69) is 10.3 Å². The van der Waals surface area contributed by atoms with Gasteiger partial charge in [-0.25, -0.2) is 0 Å². The van der Waals surface area contributed by atoms with Gasteiger partial charge >= 0.3 is 0 Å². The smallest absolute Gasteiger partial charge is 0.243 e. The zero-order valence-electron chi connectivity index (χ0n) is 20.1. The van der Waals surface area contributed by atoms with E-state index in [9.17, 15) is 9.90 Å². The molecular weight excluding hydrogens is 278 g/mol. The maximum absolute atomic E-state index is 13.3. The minimum absolute atomic E-state index is 0.162. The first-order chi connectivity index (χ1) is 13.7. The summed E-state index contributed by atoms with van der Waals surface area (Å²) in [5.41, 5.74) is 1.55. The Hall–Kier alpha value is -2.01. The standard InChI is InChI=1S/C17H23N3O2/c1-10(2)16-17(22)19-12(9-21)7-11-8-18-13-5-4-6-14(15(11)13)20(16)3/h4-6,8,10,12,16,18,21H,7,9H2,1-3H3,(H,19,22)/t12-,16-/m0/s1/i1D3,2D3,10D,16D. The van der Waals surface area contributed by atoms with Crippen LogP contribution < -0.4 is 10.2 Å². The van der Waals surface area contributed by atoms with E-state index in [1.165, 1.54) is 13.1 Å². The molecule has 1 amide bonds. The molecule has 2 aromatic rings. The topological polar surface area (TPSA) is 68.4 Å². The van der Waals surface area contributed by atoms with Crippen molar-refractivity contribution in [2.75, 3.05) is 18.6 Å². The number of aromatic amines is 1. The fourth-order valence-electron chi connectivity index (χ4n) is 2.91. The molecule has 1 aromatic carbocycles. The Kier molecular flexibility index (Phi) is 2.06. The lowest BCUT2D eigenvalue weighted by Crippen LogP contribution is -2.52. The van der Waals surface area contributed by atoms with Crippen molar-refractivity contribution in [3.63, 3.8) is 0 Å². The number of hydrogen-bond acceptors (Lipinski definition) is 3. The first-order valence-corrected chi connectivity index (χ1v) is 6.94. The van der Waals surface area contributed by atoms with Crippen molar-refractivity contribution in [3.05, 3.63) is 30.0 Å². The van der Waals surface area contributed by atoms with E-state index in [1.807, 2.05) is 0 Å². The summed E-state index contributed by atoms with van der Waals surface area (Å²) in [5, 5.41) is 12.7. The average Bonchev–Trinajstić information content (AvgIpc) is 3.06. The molecule has 22 heavy (non-hydrogen) atoms. The first-order valence-electron chi connectivity index (χ1n) is 10.9. The van der Waals surface area contributed by atoms with Gasteiger partial charge in [-0.05, 0) is 30.0 Å². The molecule has 0 aliphatic carbocycles. The minimum atomic E-state index is -3.51. The molecule has 0 bridgehead atoms. The number of carbonyl (C=O) groups is 1. The van der Waals surface area contributed by atoms with Crippen molar-refractivity contribution in [2.24, 2.45) is 5.89 Å². The summed E-state index contributed by atoms with van der Waals surface area (Å²) < 4.78 is 64.5. The molecule has 0 saturated heterocycles. The highest BCUT2D eigenvalue weighted by molar-refractivity contribution is 5.98. The van der Waals surface area contributed by atoms with Crippen LogP contribution in [0.25, 0.3) is 10.9 Å². The Morgan fingerprint density at radius 1 is 1.59 bits per heavy atom. The van der Waals surface area contributed by atoms with E-state index in [4.69, 9.17) is 11.0 Å². The van der Waals surface area contributed by atoms with Crippen molar-refractivity contribution in [2.45, 2.75) is 32.2 Å². The lowest BCUT2D eigenvalue weighted by Gasteiger charge is -2.32. The van der Waals surface area contributed by atoms with Crippen molar-refractivity contribution in [3.8, 4) is 0 Å². The van der Waals surface area contributed by atoms with Crippen LogP contribution in [0.5, 0.6) is 0 Å². The monoisotopic (exact) mass is 309 g/mol. The van der Waals surface area contributed by atoms with Crippen LogP contribution in [-0.4, -0.2) is 41.7 Å². The van der Waals surface area contributed by atoms with Gasteiger partial charge in [0.05, 0.1) is 14.0 Å². The molecule has 5 nitrogen and oxygen atoms in total. The molecule has 0 spiro atoms. The zero-order valence-corrected chi connectivity index (χ0v) is 12.1. The van der Waals surface area contributed by atoms with Gasteiger partial charge in [-0.15, -0.1) is 0 Å².